The van der Waals surface area contributed by atoms with Crippen molar-refractivity contribution in [3.05, 3.63) is 60.2 Å². The fourth-order valence-corrected chi connectivity index (χ4v) is 2.57. The quantitative estimate of drug-likeness (QED) is 0.456. The van der Waals surface area contributed by atoms with E-state index in [2.05, 4.69) is 25.3 Å². The van der Waals surface area contributed by atoms with Crippen LogP contribution in [0.1, 0.15) is 6.92 Å². The minimum Gasteiger partial charge on any atom is -0.406 e. The van der Waals surface area contributed by atoms with Gasteiger partial charge in [-0.2, -0.15) is 4.98 Å². The summed E-state index contributed by atoms with van der Waals surface area (Å²) in [4.78, 5) is 8.41. The van der Waals surface area contributed by atoms with Crippen LogP contribution >= 0.6 is 0 Å². The molecule has 0 aliphatic heterocycles. The highest BCUT2D eigenvalue weighted by atomic mass is 19.4. The number of ether oxygens (including phenoxy) is 1. The lowest BCUT2D eigenvalue weighted by Crippen LogP contribution is -2.21. The summed E-state index contributed by atoms with van der Waals surface area (Å²) in [5, 5.41) is 14.8. The number of nitrogens with one attached hydrogen (secondary N) is 2. The van der Waals surface area contributed by atoms with Crippen molar-refractivity contribution in [3.63, 3.8) is 0 Å². The van der Waals surface area contributed by atoms with E-state index in [0.29, 0.717) is 6.07 Å². The van der Waals surface area contributed by atoms with Crippen molar-refractivity contribution in [1.29, 1.82) is 0 Å². The Hall–Kier alpha value is -3.47. The summed E-state index contributed by atoms with van der Waals surface area (Å²) in [5.41, 5.74) is 0.396. The molecule has 3 aromatic rings. The first-order valence-electron chi connectivity index (χ1n) is 8.97. The van der Waals surface area contributed by atoms with Crippen LogP contribution in [0.3, 0.4) is 0 Å². The average molecular weight is 440 g/mol. The van der Waals surface area contributed by atoms with Gasteiger partial charge in [0, 0.05) is 23.7 Å². The first-order chi connectivity index (χ1) is 14.6. The topological polar surface area (TPSA) is 79.3 Å². The van der Waals surface area contributed by atoms with E-state index in [0.717, 1.165) is 18.2 Å². The van der Waals surface area contributed by atoms with Crippen LogP contribution in [0, 0.1) is 11.6 Å². The molecule has 31 heavy (non-hydrogen) atoms. The van der Waals surface area contributed by atoms with Gasteiger partial charge in [-0.25, -0.2) is 13.8 Å². The molecule has 0 aliphatic carbocycles. The van der Waals surface area contributed by atoms with Crippen LogP contribution in [-0.2, 0) is 0 Å². The molecule has 11 heteroatoms. The van der Waals surface area contributed by atoms with E-state index in [1.54, 1.807) is 6.92 Å². The van der Waals surface area contributed by atoms with Crippen molar-refractivity contribution in [2.45, 2.75) is 19.3 Å². The molecule has 164 valence electrons. The van der Waals surface area contributed by atoms with E-state index in [-0.39, 0.29) is 35.3 Å². The molecule has 0 spiro atoms. The smallest absolute Gasteiger partial charge is 0.406 e. The van der Waals surface area contributed by atoms with E-state index < -0.39 is 29.8 Å². The van der Waals surface area contributed by atoms with Crippen LogP contribution in [0.2, 0.25) is 0 Å². The summed E-state index contributed by atoms with van der Waals surface area (Å²) >= 11 is 0. The zero-order valence-corrected chi connectivity index (χ0v) is 16.0. The van der Waals surface area contributed by atoms with Gasteiger partial charge in [0.1, 0.15) is 23.2 Å². The molecule has 2 aromatic carbocycles. The number of aliphatic hydroxyl groups is 1. The highest BCUT2D eigenvalue weighted by Crippen LogP contribution is 2.29. The molecule has 1 aromatic heterocycles. The lowest BCUT2D eigenvalue weighted by molar-refractivity contribution is -0.274. The Balaban J connectivity index is 2.00. The summed E-state index contributed by atoms with van der Waals surface area (Å²) < 4.78 is 68.7. The standard InChI is InChI=1S/C20H17F5N4O2/c1-11(10-30)26-19-28-17(12-3-2-4-14(7-12)31-20(23,24)25)9-18(29-19)27-16-6-5-13(21)8-15(16)22/h2-9,11,30H,10H2,1H3,(H2,26,27,28,29)/t11-/m1/s1. The Morgan fingerprint density at radius 3 is 2.52 bits per heavy atom. The number of aromatic nitrogens is 2. The summed E-state index contributed by atoms with van der Waals surface area (Å²) in [6, 6.07) is 8.99. The number of anilines is 3. The number of rotatable bonds is 7. The van der Waals surface area contributed by atoms with Crippen molar-refractivity contribution in [2.75, 3.05) is 17.2 Å². The number of aliphatic hydroxyl groups excluding tert-OH is 1. The highest BCUT2D eigenvalue weighted by molar-refractivity contribution is 5.68. The number of alkyl halides is 3. The van der Waals surface area contributed by atoms with Gasteiger partial charge in [-0.3, -0.25) is 0 Å². The minimum atomic E-state index is -4.86. The van der Waals surface area contributed by atoms with E-state index in [9.17, 15) is 27.1 Å². The predicted molar refractivity (Wildman–Crippen MR) is 104 cm³/mol. The Morgan fingerprint density at radius 1 is 1.06 bits per heavy atom. The van der Waals surface area contributed by atoms with Crippen molar-refractivity contribution in [2.24, 2.45) is 0 Å². The van der Waals surface area contributed by atoms with Gasteiger partial charge in [-0.05, 0) is 31.2 Å². The summed E-state index contributed by atoms with van der Waals surface area (Å²) in [5.74, 6) is -1.94. The van der Waals surface area contributed by atoms with Crippen LogP contribution < -0.4 is 15.4 Å². The molecule has 3 N–H and O–H groups in total. The monoisotopic (exact) mass is 440 g/mol. The SMILES string of the molecule is C[C@H](CO)Nc1nc(Nc2ccc(F)cc2F)cc(-c2cccc(OC(F)(F)F)c2)n1. The second-order valence-corrected chi connectivity index (χ2v) is 6.51. The zero-order chi connectivity index (χ0) is 22.6. The van der Waals surface area contributed by atoms with Crippen LogP contribution in [0.4, 0.5) is 39.4 Å². The normalized spacial score (nSPS) is 12.4. The largest absolute Gasteiger partial charge is 0.573 e. The maximum absolute atomic E-state index is 14.0. The second-order valence-electron chi connectivity index (χ2n) is 6.51. The first-order valence-corrected chi connectivity index (χ1v) is 8.97. The molecular weight excluding hydrogens is 423 g/mol. The van der Waals surface area contributed by atoms with Gasteiger partial charge in [0.15, 0.2) is 0 Å². The number of hydrogen-bond acceptors (Lipinski definition) is 6. The molecule has 0 bridgehead atoms. The molecule has 1 atom stereocenters. The molecule has 0 unspecified atom stereocenters. The van der Waals surface area contributed by atoms with Crippen LogP contribution in [0.5, 0.6) is 5.75 Å². The van der Waals surface area contributed by atoms with Gasteiger partial charge < -0.3 is 20.5 Å². The van der Waals surface area contributed by atoms with Crippen molar-refractivity contribution >= 4 is 17.5 Å². The summed E-state index contributed by atoms with van der Waals surface area (Å²) in [6.45, 7) is 1.42. The van der Waals surface area contributed by atoms with Crippen molar-refractivity contribution < 1.29 is 31.8 Å². The fraction of sp³-hybridized carbons (Fsp3) is 0.200. The number of nitrogens with zero attached hydrogens (tertiary/aromatic N) is 2. The molecule has 0 radical (unpaired) electrons. The summed E-state index contributed by atoms with van der Waals surface area (Å²) in [6.07, 6.45) is -4.86. The molecule has 0 fully saturated rings. The maximum Gasteiger partial charge on any atom is 0.573 e. The Kier molecular flexibility index (Phi) is 6.54. The lowest BCUT2D eigenvalue weighted by atomic mass is 10.1. The second kappa shape index (κ2) is 9.13. The predicted octanol–water partition coefficient (Wildman–Crippen LogP) is 4.86. The highest BCUT2D eigenvalue weighted by Gasteiger charge is 2.31. The average Bonchev–Trinajstić information content (AvgIpc) is 2.69. The molecule has 0 aliphatic rings. The van der Waals surface area contributed by atoms with E-state index >= 15 is 0 Å². The fourth-order valence-electron chi connectivity index (χ4n) is 2.57. The molecule has 0 saturated carbocycles. The lowest BCUT2D eigenvalue weighted by Gasteiger charge is -2.15. The number of halogens is 5. The third-order valence-corrected chi connectivity index (χ3v) is 3.93. The van der Waals surface area contributed by atoms with Crippen molar-refractivity contribution in [1.82, 2.24) is 9.97 Å². The van der Waals surface area contributed by atoms with Crippen molar-refractivity contribution in [3.8, 4) is 17.0 Å². The molecule has 3 rings (SSSR count). The van der Waals surface area contributed by atoms with E-state index in [1.165, 1.54) is 24.3 Å². The molecule has 0 amide bonds. The molecule has 0 saturated heterocycles. The van der Waals surface area contributed by atoms with Gasteiger partial charge >= 0.3 is 6.36 Å². The Labute approximate surface area is 173 Å². The maximum atomic E-state index is 14.0. The first kappa shape index (κ1) is 22.2. The third kappa shape index (κ3) is 6.25. The zero-order valence-electron chi connectivity index (χ0n) is 16.0. The Morgan fingerprint density at radius 2 is 1.84 bits per heavy atom. The Bertz CT molecular complexity index is 1060. The number of benzene rings is 2. The van der Waals surface area contributed by atoms with Gasteiger partial charge in [0.25, 0.3) is 0 Å². The summed E-state index contributed by atoms with van der Waals surface area (Å²) in [7, 11) is 0. The number of hydrogen-bond donors (Lipinski definition) is 3. The molecule has 6 nitrogen and oxygen atoms in total. The van der Waals surface area contributed by atoms with E-state index in [1.807, 2.05) is 0 Å². The van der Waals surface area contributed by atoms with Crippen LogP contribution in [0.15, 0.2) is 48.5 Å². The van der Waals surface area contributed by atoms with Gasteiger partial charge in [-0.15, -0.1) is 13.2 Å². The van der Waals surface area contributed by atoms with E-state index in [4.69, 9.17) is 0 Å². The van der Waals surface area contributed by atoms with Gasteiger partial charge in [0.05, 0.1) is 18.0 Å². The minimum absolute atomic E-state index is 0.0335. The molecule has 1 heterocycles. The van der Waals surface area contributed by atoms with Gasteiger partial charge in [0.2, 0.25) is 5.95 Å². The third-order valence-electron chi connectivity index (χ3n) is 3.93. The molecular formula is C20H17F5N4O2. The van der Waals surface area contributed by atoms with Crippen LogP contribution in [-0.4, -0.2) is 34.1 Å². The van der Waals surface area contributed by atoms with Crippen LogP contribution in [0.25, 0.3) is 11.3 Å². The van der Waals surface area contributed by atoms with Gasteiger partial charge in [-0.1, -0.05) is 12.1 Å².